The van der Waals surface area contributed by atoms with E-state index >= 15 is 0 Å². The largest absolute Gasteiger partial charge is 0.407 e. The van der Waals surface area contributed by atoms with Crippen molar-refractivity contribution in [3.05, 3.63) is 96.6 Å². The summed E-state index contributed by atoms with van der Waals surface area (Å²) in [6.07, 6.45) is 0.257. The summed E-state index contributed by atoms with van der Waals surface area (Å²) < 4.78 is 6.93. The fourth-order valence-corrected chi connectivity index (χ4v) is 9.34. The van der Waals surface area contributed by atoms with Crippen LogP contribution in [-0.2, 0) is 9.26 Å². The average molecular weight is 460 g/mol. The molecule has 0 saturated carbocycles. The van der Waals surface area contributed by atoms with E-state index < -0.39 is 20.5 Å². The molecule has 0 amide bonds. The molecule has 1 aliphatic rings. The van der Waals surface area contributed by atoms with Gasteiger partial charge in [-0.3, -0.25) is 0 Å². The van der Waals surface area contributed by atoms with Crippen molar-refractivity contribution in [3.8, 4) is 0 Å². The molecule has 0 fully saturated rings. The third kappa shape index (κ3) is 4.81. The Kier molecular flexibility index (Phi) is 7.13. The van der Waals surface area contributed by atoms with E-state index in [0.29, 0.717) is 18.7 Å². The summed E-state index contributed by atoms with van der Waals surface area (Å²) in [6, 6.07) is 31.1. The molecule has 3 aromatic rings. The molecule has 172 valence electrons. The molecule has 0 unspecified atom stereocenters. The molecule has 4 nitrogen and oxygen atoms in total. The summed E-state index contributed by atoms with van der Waals surface area (Å²) >= 11 is 0. The summed E-state index contributed by atoms with van der Waals surface area (Å²) in [5.74, 6) is 0. The predicted molar refractivity (Wildman–Crippen MR) is 137 cm³/mol. The molecular formula is C28H33NO3Si. The smallest absolute Gasteiger partial charge is 0.261 e. The van der Waals surface area contributed by atoms with Gasteiger partial charge in [-0.2, -0.15) is 0 Å². The van der Waals surface area contributed by atoms with Crippen LogP contribution in [-0.4, -0.2) is 31.8 Å². The molecular weight excluding hydrogens is 426 g/mol. The quantitative estimate of drug-likeness (QED) is 0.388. The number of hydrogen-bond acceptors (Lipinski definition) is 4. The molecule has 0 spiro atoms. The van der Waals surface area contributed by atoms with Crippen molar-refractivity contribution >= 4 is 24.4 Å². The van der Waals surface area contributed by atoms with E-state index in [0.717, 1.165) is 12.0 Å². The highest BCUT2D eigenvalue weighted by molar-refractivity contribution is 6.99. The second-order valence-electron chi connectivity index (χ2n) is 9.58. The number of oxime groups is 1. The third-order valence-corrected chi connectivity index (χ3v) is 11.4. The Morgan fingerprint density at radius 2 is 1.36 bits per heavy atom. The average Bonchev–Trinajstić information content (AvgIpc) is 3.20. The number of aliphatic hydroxyl groups excluding tert-OH is 1. The fraction of sp³-hybridized carbons (Fsp3) is 0.321. The Labute approximate surface area is 198 Å². The van der Waals surface area contributed by atoms with Crippen molar-refractivity contribution < 1.29 is 14.4 Å². The van der Waals surface area contributed by atoms with Gasteiger partial charge in [0.2, 0.25) is 0 Å². The van der Waals surface area contributed by atoms with Crippen LogP contribution in [0.25, 0.3) is 0 Å². The van der Waals surface area contributed by atoms with Crippen LogP contribution in [0.4, 0.5) is 0 Å². The lowest BCUT2D eigenvalue weighted by molar-refractivity contribution is 0.0204. The van der Waals surface area contributed by atoms with Crippen LogP contribution in [0, 0.1) is 0 Å². The molecule has 0 bridgehead atoms. The first-order chi connectivity index (χ1) is 15.9. The van der Waals surface area contributed by atoms with E-state index in [1.165, 1.54) is 10.4 Å². The number of hydrogen-bond donors (Lipinski definition) is 1. The number of benzene rings is 3. The summed E-state index contributed by atoms with van der Waals surface area (Å²) in [4.78, 5) is 5.56. The maximum atomic E-state index is 10.8. The minimum Gasteiger partial charge on any atom is -0.407 e. The summed E-state index contributed by atoms with van der Waals surface area (Å²) in [7, 11) is -2.54. The van der Waals surface area contributed by atoms with Crippen LogP contribution >= 0.6 is 0 Å². The van der Waals surface area contributed by atoms with Crippen LogP contribution in [0.1, 0.15) is 45.3 Å². The molecule has 0 aromatic heterocycles. The molecule has 1 N–H and O–H groups in total. The summed E-state index contributed by atoms with van der Waals surface area (Å²) in [6.45, 7) is 7.43. The van der Waals surface area contributed by atoms with Gasteiger partial charge < -0.3 is 14.4 Å². The monoisotopic (exact) mass is 459 g/mol. The van der Waals surface area contributed by atoms with E-state index in [1.54, 1.807) is 0 Å². The van der Waals surface area contributed by atoms with Gasteiger partial charge in [0.05, 0.1) is 5.71 Å². The number of aliphatic hydroxyl groups is 1. The van der Waals surface area contributed by atoms with Crippen LogP contribution in [0.15, 0.2) is 96.2 Å². The van der Waals surface area contributed by atoms with Gasteiger partial charge in [0.25, 0.3) is 8.32 Å². The van der Waals surface area contributed by atoms with E-state index in [9.17, 15) is 5.11 Å². The van der Waals surface area contributed by atoms with Crippen LogP contribution in [0.3, 0.4) is 0 Å². The second-order valence-corrected chi connectivity index (χ2v) is 13.9. The van der Waals surface area contributed by atoms with Gasteiger partial charge in [-0.25, -0.2) is 0 Å². The first-order valence-electron chi connectivity index (χ1n) is 11.6. The molecule has 3 aromatic carbocycles. The Hall–Kier alpha value is -2.73. The van der Waals surface area contributed by atoms with Crippen molar-refractivity contribution in [2.75, 3.05) is 6.61 Å². The fourth-order valence-electron chi connectivity index (χ4n) is 4.73. The van der Waals surface area contributed by atoms with Gasteiger partial charge in [-0.05, 0) is 33.8 Å². The second kappa shape index (κ2) is 10.0. The standard InChI is InChI=1S/C28H33NO3Si/c1-28(2,3)33(23-16-9-5-10-17-23,24-18-11-6-12-19-24)31-21-13-20-25-26(30)27(32-29-25)22-14-7-4-8-15-22/h4-12,14-19,26-27,30H,13,20-21H2,1-3H3/t26-,27+/m1/s1. The Bertz CT molecular complexity index is 1010. The normalized spacial score (nSPS) is 18.6. The van der Waals surface area contributed by atoms with Gasteiger partial charge in [0.15, 0.2) is 6.10 Å². The molecule has 33 heavy (non-hydrogen) atoms. The zero-order valence-corrected chi connectivity index (χ0v) is 20.6. The first kappa shape index (κ1) is 23.4. The van der Waals surface area contributed by atoms with Gasteiger partial charge >= 0.3 is 0 Å². The molecule has 2 atom stereocenters. The zero-order valence-electron chi connectivity index (χ0n) is 19.6. The van der Waals surface area contributed by atoms with Gasteiger partial charge in [-0.1, -0.05) is 117 Å². The third-order valence-electron chi connectivity index (χ3n) is 6.35. The first-order valence-corrected chi connectivity index (χ1v) is 13.5. The van der Waals surface area contributed by atoms with Crippen LogP contribution in [0.2, 0.25) is 5.04 Å². The molecule has 0 radical (unpaired) electrons. The maximum absolute atomic E-state index is 10.8. The van der Waals surface area contributed by atoms with Gasteiger partial charge in [0.1, 0.15) is 6.10 Å². The van der Waals surface area contributed by atoms with E-state index in [1.807, 2.05) is 30.3 Å². The zero-order chi connectivity index (χ0) is 23.3. The van der Waals surface area contributed by atoms with Crippen molar-refractivity contribution in [1.82, 2.24) is 0 Å². The molecule has 1 heterocycles. The molecule has 0 aliphatic carbocycles. The van der Waals surface area contributed by atoms with Crippen molar-refractivity contribution in [2.45, 2.75) is 50.9 Å². The number of rotatable bonds is 8. The van der Waals surface area contributed by atoms with E-state index in [4.69, 9.17) is 9.26 Å². The predicted octanol–water partition coefficient (Wildman–Crippen LogP) is 4.83. The van der Waals surface area contributed by atoms with Crippen molar-refractivity contribution in [2.24, 2.45) is 5.16 Å². The Balaban J connectivity index is 1.48. The van der Waals surface area contributed by atoms with Gasteiger partial charge in [0, 0.05) is 6.61 Å². The molecule has 5 heteroatoms. The molecule has 0 saturated heterocycles. The minimum atomic E-state index is -2.54. The highest BCUT2D eigenvalue weighted by Crippen LogP contribution is 2.37. The lowest BCUT2D eigenvalue weighted by Gasteiger charge is -2.43. The Morgan fingerprint density at radius 1 is 0.848 bits per heavy atom. The lowest BCUT2D eigenvalue weighted by atomic mass is 9.99. The highest BCUT2D eigenvalue weighted by atomic mass is 28.4. The molecule has 4 rings (SSSR count). The number of nitrogens with zero attached hydrogens (tertiary/aromatic N) is 1. The van der Waals surface area contributed by atoms with Crippen molar-refractivity contribution in [3.63, 3.8) is 0 Å². The maximum Gasteiger partial charge on any atom is 0.261 e. The topological polar surface area (TPSA) is 51.0 Å². The summed E-state index contributed by atoms with van der Waals surface area (Å²) in [5.41, 5.74) is 1.63. The summed E-state index contributed by atoms with van der Waals surface area (Å²) in [5, 5.41) is 17.4. The highest BCUT2D eigenvalue weighted by Gasteiger charge is 2.50. The van der Waals surface area contributed by atoms with Crippen molar-refractivity contribution in [1.29, 1.82) is 0 Å². The van der Waals surface area contributed by atoms with E-state index in [-0.39, 0.29) is 5.04 Å². The SMILES string of the molecule is CC(C)(C)[Si](OCCCC1=NO[C@@H](c2ccccc2)[C@@H]1O)(c1ccccc1)c1ccccc1. The van der Waals surface area contributed by atoms with Crippen LogP contribution in [0.5, 0.6) is 0 Å². The molecule has 1 aliphatic heterocycles. The van der Waals surface area contributed by atoms with Crippen LogP contribution < -0.4 is 10.4 Å². The Morgan fingerprint density at radius 3 is 1.88 bits per heavy atom. The van der Waals surface area contributed by atoms with Gasteiger partial charge in [-0.15, -0.1) is 0 Å². The minimum absolute atomic E-state index is 0.0540. The van der Waals surface area contributed by atoms with E-state index in [2.05, 4.69) is 86.6 Å². The lowest BCUT2D eigenvalue weighted by Crippen LogP contribution is -2.66.